The van der Waals surface area contributed by atoms with Gasteiger partial charge >= 0.3 is 0 Å². The van der Waals surface area contributed by atoms with Gasteiger partial charge in [-0.1, -0.05) is 17.3 Å². The van der Waals surface area contributed by atoms with E-state index >= 15 is 0 Å². The van der Waals surface area contributed by atoms with Crippen LogP contribution in [0.5, 0.6) is 5.75 Å². The molecule has 0 saturated carbocycles. The van der Waals surface area contributed by atoms with Crippen molar-refractivity contribution >= 4 is 28.5 Å². The smallest absolute Gasteiger partial charge is 0.249 e. The minimum absolute atomic E-state index is 0.125. The van der Waals surface area contributed by atoms with Gasteiger partial charge < -0.3 is 14.5 Å². The van der Waals surface area contributed by atoms with E-state index in [2.05, 4.69) is 20.6 Å². The largest absolute Gasteiger partial charge is 0.497 e. The Labute approximate surface area is 212 Å². The molecule has 0 aliphatic heterocycles. The van der Waals surface area contributed by atoms with Gasteiger partial charge in [-0.3, -0.25) is 19.5 Å². The standard InChI is InChI=1S/C27H24N6O4/c1-36-21-10-8-20(9-11-21)33(25(34)18-32-24-7-3-2-6-23(24)30-31-32)26(19-12-14-28-15-13-19)27(35)29-17-22-5-4-16-37-22/h2-16,26H,17-18H2,1H3,(H,29,35)/t26-/m0/s1. The predicted molar refractivity (Wildman–Crippen MR) is 136 cm³/mol. The van der Waals surface area contributed by atoms with E-state index in [4.69, 9.17) is 9.15 Å². The molecule has 5 aromatic rings. The first-order valence-corrected chi connectivity index (χ1v) is 11.6. The summed E-state index contributed by atoms with van der Waals surface area (Å²) in [5.74, 6) is 0.491. The van der Waals surface area contributed by atoms with Crippen molar-refractivity contribution in [3.63, 3.8) is 0 Å². The summed E-state index contributed by atoms with van der Waals surface area (Å²) >= 11 is 0. The number of carbonyl (C=O) groups excluding carboxylic acids is 2. The first-order valence-electron chi connectivity index (χ1n) is 11.6. The number of nitrogens with zero attached hydrogens (tertiary/aromatic N) is 5. The van der Waals surface area contributed by atoms with Crippen LogP contribution in [0.15, 0.2) is 95.9 Å². The molecule has 3 aromatic heterocycles. The summed E-state index contributed by atoms with van der Waals surface area (Å²) in [5, 5.41) is 11.2. The van der Waals surface area contributed by atoms with Crippen LogP contribution in [0.2, 0.25) is 0 Å². The average Bonchev–Trinajstić information content (AvgIpc) is 3.61. The van der Waals surface area contributed by atoms with E-state index in [0.717, 1.165) is 0 Å². The lowest BCUT2D eigenvalue weighted by Crippen LogP contribution is -2.45. The lowest BCUT2D eigenvalue weighted by atomic mass is 10.0. The lowest BCUT2D eigenvalue weighted by molar-refractivity contribution is -0.127. The molecule has 0 saturated heterocycles. The van der Waals surface area contributed by atoms with Crippen LogP contribution in [0, 0.1) is 0 Å². The average molecular weight is 497 g/mol. The zero-order valence-corrected chi connectivity index (χ0v) is 20.0. The Hall–Kier alpha value is -4.99. The summed E-state index contributed by atoms with van der Waals surface area (Å²) in [5.41, 5.74) is 2.51. The highest BCUT2D eigenvalue weighted by molar-refractivity contribution is 6.01. The number of hydrogen-bond acceptors (Lipinski definition) is 7. The number of furan rings is 1. The van der Waals surface area contributed by atoms with Gasteiger partial charge in [-0.25, -0.2) is 4.68 Å². The molecule has 1 atom stereocenters. The van der Waals surface area contributed by atoms with Crippen LogP contribution in [0.4, 0.5) is 5.69 Å². The topological polar surface area (TPSA) is 115 Å². The molecule has 186 valence electrons. The molecule has 5 rings (SSSR count). The van der Waals surface area contributed by atoms with Gasteiger partial charge in [-0.2, -0.15) is 0 Å². The molecule has 0 bridgehead atoms. The summed E-state index contributed by atoms with van der Waals surface area (Å²) < 4.78 is 12.2. The van der Waals surface area contributed by atoms with Crippen LogP contribution in [0.25, 0.3) is 11.0 Å². The molecule has 10 heteroatoms. The Morgan fingerprint density at radius 3 is 2.54 bits per heavy atom. The number of rotatable bonds is 9. The predicted octanol–water partition coefficient (Wildman–Crippen LogP) is 3.52. The van der Waals surface area contributed by atoms with Gasteiger partial charge in [0, 0.05) is 18.1 Å². The summed E-state index contributed by atoms with van der Waals surface area (Å²) in [6.07, 6.45) is 4.71. The second-order valence-electron chi connectivity index (χ2n) is 8.18. The molecule has 2 amide bonds. The zero-order valence-electron chi connectivity index (χ0n) is 20.0. The molecule has 37 heavy (non-hydrogen) atoms. The minimum Gasteiger partial charge on any atom is -0.497 e. The number of carbonyl (C=O) groups is 2. The molecule has 0 fully saturated rings. The number of fused-ring (bicyclic) bond motifs is 1. The van der Waals surface area contributed by atoms with Crippen molar-refractivity contribution in [2.75, 3.05) is 12.0 Å². The summed E-state index contributed by atoms with van der Waals surface area (Å²) in [6.45, 7) is 0.0470. The second kappa shape index (κ2) is 10.7. The first kappa shape index (κ1) is 23.7. The number of benzene rings is 2. The van der Waals surface area contributed by atoms with Crippen molar-refractivity contribution in [1.82, 2.24) is 25.3 Å². The molecule has 2 aromatic carbocycles. The Morgan fingerprint density at radius 1 is 1.03 bits per heavy atom. The van der Waals surface area contributed by atoms with Crippen LogP contribution in [-0.2, 0) is 22.7 Å². The SMILES string of the molecule is COc1ccc(N(C(=O)Cn2nnc3ccccc32)[C@H](C(=O)NCc2ccco2)c2ccncc2)cc1. The number of hydrogen-bond donors (Lipinski definition) is 1. The van der Waals surface area contributed by atoms with Crippen LogP contribution in [0.1, 0.15) is 17.4 Å². The first-order chi connectivity index (χ1) is 18.1. The van der Waals surface area contributed by atoms with Crippen molar-refractivity contribution < 1.29 is 18.7 Å². The fraction of sp³-hybridized carbons (Fsp3) is 0.148. The number of nitrogens with one attached hydrogen (secondary N) is 1. The van der Waals surface area contributed by atoms with E-state index in [1.165, 1.54) is 15.8 Å². The molecule has 3 heterocycles. The van der Waals surface area contributed by atoms with E-state index in [0.29, 0.717) is 33.8 Å². The van der Waals surface area contributed by atoms with Crippen LogP contribution < -0.4 is 15.0 Å². The Kier molecular flexibility index (Phi) is 6.89. The highest BCUT2D eigenvalue weighted by Crippen LogP contribution is 2.30. The number of ether oxygens (including phenoxy) is 1. The molecular formula is C27H24N6O4. The van der Waals surface area contributed by atoms with Gasteiger partial charge in [0.15, 0.2) is 0 Å². The van der Waals surface area contributed by atoms with E-state index in [9.17, 15) is 9.59 Å². The molecular weight excluding hydrogens is 472 g/mol. The second-order valence-corrected chi connectivity index (χ2v) is 8.18. The molecule has 0 radical (unpaired) electrons. The fourth-order valence-corrected chi connectivity index (χ4v) is 4.07. The van der Waals surface area contributed by atoms with Crippen molar-refractivity contribution in [3.05, 3.63) is 103 Å². The maximum absolute atomic E-state index is 14.0. The number of para-hydroxylation sites is 1. The van der Waals surface area contributed by atoms with Gasteiger partial charge in [-0.05, 0) is 66.2 Å². The Balaban J connectivity index is 1.54. The normalized spacial score (nSPS) is 11.7. The van der Waals surface area contributed by atoms with E-state index < -0.39 is 6.04 Å². The van der Waals surface area contributed by atoms with Gasteiger partial charge in [0.05, 0.1) is 25.4 Å². The highest BCUT2D eigenvalue weighted by atomic mass is 16.5. The highest BCUT2D eigenvalue weighted by Gasteiger charge is 2.33. The van der Waals surface area contributed by atoms with Crippen molar-refractivity contribution in [3.8, 4) is 5.75 Å². The van der Waals surface area contributed by atoms with Crippen molar-refractivity contribution in [2.45, 2.75) is 19.1 Å². The molecule has 0 aliphatic rings. The summed E-state index contributed by atoms with van der Waals surface area (Å²) in [7, 11) is 1.57. The number of amides is 2. The van der Waals surface area contributed by atoms with Gasteiger partial charge in [0.25, 0.3) is 0 Å². The Bertz CT molecular complexity index is 1480. The molecule has 1 N–H and O–H groups in total. The third kappa shape index (κ3) is 5.18. The van der Waals surface area contributed by atoms with Crippen molar-refractivity contribution in [1.29, 1.82) is 0 Å². The maximum atomic E-state index is 14.0. The molecule has 0 aliphatic carbocycles. The van der Waals surface area contributed by atoms with Crippen LogP contribution in [0.3, 0.4) is 0 Å². The quantitative estimate of drug-likeness (QED) is 0.332. The van der Waals surface area contributed by atoms with E-state index in [1.807, 2.05) is 24.3 Å². The number of aromatic nitrogens is 4. The zero-order chi connectivity index (χ0) is 25.6. The van der Waals surface area contributed by atoms with E-state index in [1.54, 1.807) is 68.0 Å². The third-order valence-electron chi connectivity index (χ3n) is 5.87. The third-order valence-corrected chi connectivity index (χ3v) is 5.87. The number of methoxy groups -OCH3 is 1. The summed E-state index contributed by atoms with van der Waals surface area (Å²) in [6, 6.07) is 20.3. The lowest BCUT2D eigenvalue weighted by Gasteiger charge is -2.31. The van der Waals surface area contributed by atoms with Gasteiger partial charge in [0.1, 0.15) is 29.6 Å². The molecule has 10 nitrogen and oxygen atoms in total. The van der Waals surface area contributed by atoms with E-state index in [-0.39, 0.29) is 24.9 Å². The summed E-state index contributed by atoms with van der Waals surface area (Å²) in [4.78, 5) is 33.2. The molecule has 0 spiro atoms. The van der Waals surface area contributed by atoms with Crippen molar-refractivity contribution in [2.24, 2.45) is 0 Å². The minimum atomic E-state index is -0.992. The van der Waals surface area contributed by atoms with Gasteiger partial charge in [-0.15, -0.1) is 5.10 Å². The fourth-order valence-electron chi connectivity index (χ4n) is 4.07. The number of anilines is 1. The van der Waals surface area contributed by atoms with Gasteiger partial charge in [0.2, 0.25) is 11.8 Å². The monoisotopic (exact) mass is 496 g/mol. The Morgan fingerprint density at radius 2 is 1.81 bits per heavy atom. The van der Waals surface area contributed by atoms with Crippen LogP contribution in [-0.4, -0.2) is 38.9 Å². The number of pyridine rings is 1. The maximum Gasteiger partial charge on any atom is 0.249 e. The van der Waals surface area contributed by atoms with Crippen LogP contribution >= 0.6 is 0 Å². The molecule has 0 unspecified atom stereocenters.